The molecule has 4 aromatic carbocycles. The molecule has 4 aromatic rings. The quantitative estimate of drug-likeness (QED) is 0.105. The number of ether oxygens (including phenoxy) is 1. The first kappa shape index (κ1) is 26.7. The molecule has 37 heavy (non-hydrogen) atoms. The molecule has 4 rings (SSSR count). The minimum absolute atomic E-state index is 0.206. The fourth-order valence-corrected chi connectivity index (χ4v) is 4.53. The number of fused-ring (bicyclic) bond motifs is 1. The number of hydrogen-bond donors (Lipinski definition) is 0. The predicted octanol–water partition coefficient (Wildman–Crippen LogP) is 8.93. The van der Waals surface area contributed by atoms with Crippen LogP contribution in [0.5, 0.6) is 5.75 Å². The molecule has 0 unspecified atom stereocenters. The summed E-state index contributed by atoms with van der Waals surface area (Å²) in [5, 5.41) is 1.32. The maximum absolute atomic E-state index is 15.1. The SMILES string of the molecule is CCCCCCOc1ccc(CCc2ccc3c(F)c(CCc4cc(F)c(F)c(F)c4)ccc3c2)cc1. The highest BCUT2D eigenvalue weighted by Gasteiger charge is 2.13. The van der Waals surface area contributed by atoms with Crippen LogP contribution in [0.2, 0.25) is 0 Å². The van der Waals surface area contributed by atoms with Crippen molar-refractivity contribution in [3.05, 3.63) is 112 Å². The fraction of sp³-hybridized carbons (Fsp3) is 0.312. The van der Waals surface area contributed by atoms with E-state index in [1.165, 1.54) is 24.8 Å². The minimum Gasteiger partial charge on any atom is -0.494 e. The normalized spacial score (nSPS) is 11.3. The Bertz CT molecular complexity index is 1310. The summed E-state index contributed by atoms with van der Waals surface area (Å²) in [4.78, 5) is 0. The van der Waals surface area contributed by atoms with E-state index >= 15 is 4.39 Å². The van der Waals surface area contributed by atoms with Crippen LogP contribution in [0.3, 0.4) is 0 Å². The van der Waals surface area contributed by atoms with Crippen molar-refractivity contribution in [1.82, 2.24) is 0 Å². The van der Waals surface area contributed by atoms with E-state index < -0.39 is 17.5 Å². The smallest absolute Gasteiger partial charge is 0.194 e. The van der Waals surface area contributed by atoms with E-state index in [1.54, 1.807) is 12.1 Å². The molecule has 1 nitrogen and oxygen atoms in total. The molecule has 5 heteroatoms. The summed E-state index contributed by atoms with van der Waals surface area (Å²) in [5.74, 6) is -3.40. The number of halogens is 4. The molecule has 0 radical (unpaired) electrons. The summed E-state index contributed by atoms with van der Waals surface area (Å²) in [7, 11) is 0. The molecule has 0 spiro atoms. The van der Waals surface area contributed by atoms with Crippen molar-refractivity contribution >= 4 is 10.8 Å². The van der Waals surface area contributed by atoms with Crippen LogP contribution < -0.4 is 4.74 Å². The van der Waals surface area contributed by atoms with E-state index in [9.17, 15) is 13.2 Å². The Hall–Kier alpha value is -3.34. The molecular formula is C32H32F4O. The van der Waals surface area contributed by atoms with Crippen molar-refractivity contribution < 1.29 is 22.3 Å². The standard InChI is InChI=1S/C32H32F4O/c1-2-3-4-5-18-37-27-15-9-22(10-16-27)6-7-23-11-17-28-26(19-23)14-13-25(31(28)35)12-8-24-20-29(33)32(36)30(34)21-24/h9-11,13-17,19-21H,2-8,12,18H2,1H3. The lowest BCUT2D eigenvalue weighted by Gasteiger charge is -2.10. The van der Waals surface area contributed by atoms with Crippen molar-refractivity contribution in [2.45, 2.75) is 58.3 Å². The van der Waals surface area contributed by atoms with Crippen molar-refractivity contribution in [3.8, 4) is 5.75 Å². The molecular weight excluding hydrogens is 476 g/mol. The Morgan fingerprint density at radius 1 is 0.595 bits per heavy atom. The van der Waals surface area contributed by atoms with Crippen LogP contribution in [-0.4, -0.2) is 6.61 Å². The Morgan fingerprint density at radius 3 is 2.00 bits per heavy atom. The summed E-state index contributed by atoms with van der Waals surface area (Å²) in [6.45, 7) is 2.94. The summed E-state index contributed by atoms with van der Waals surface area (Å²) in [6, 6.07) is 19.4. The summed E-state index contributed by atoms with van der Waals surface area (Å²) >= 11 is 0. The molecule has 0 atom stereocenters. The van der Waals surface area contributed by atoms with Crippen LogP contribution in [0, 0.1) is 23.3 Å². The molecule has 0 bridgehead atoms. The topological polar surface area (TPSA) is 9.23 Å². The van der Waals surface area contributed by atoms with Crippen LogP contribution >= 0.6 is 0 Å². The molecule has 0 saturated heterocycles. The number of aryl methyl sites for hydroxylation is 4. The van der Waals surface area contributed by atoms with Crippen molar-refractivity contribution in [2.75, 3.05) is 6.61 Å². The second-order valence-electron chi connectivity index (χ2n) is 9.52. The average Bonchev–Trinajstić information content (AvgIpc) is 2.90. The number of benzene rings is 4. The van der Waals surface area contributed by atoms with Crippen LogP contribution in [0.25, 0.3) is 10.8 Å². The van der Waals surface area contributed by atoms with Gasteiger partial charge in [-0.2, -0.15) is 0 Å². The second-order valence-corrected chi connectivity index (χ2v) is 9.52. The lowest BCUT2D eigenvalue weighted by Crippen LogP contribution is -1.99. The van der Waals surface area contributed by atoms with Gasteiger partial charge in [-0.05, 0) is 84.0 Å². The van der Waals surface area contributed by atoms with E-state index in [4.69, 9.17) is 4.74 Å². The van der Waals surface area contributed by atoms with Gasteiger partial charge in [0, 0.05) is 5.39 Å². The van der Waals surface area contributed by atoms with Gasteiger partial charge in [0.15, 0.2) is 17.5 Å². The van der Waals surface area contributed by atoms with Gasteiger partial charge >= 0.3 is 0 Å². The van der Waals surface area contributed by atoms with Crippen molar-refractivity contribution in [1.29, 1.82) is 0 Å². The highest BCUT2D eigenvalue weighted by molar-refractivity contribution is 5.84. The van der Waals surface area contributed by atoms with Gasteiger partial charge in [0.25, 0.3) is 0 Å². The number of hydrogen-bond acceptors (Lipinski definition) is 1. The molecule has 0 N–H and O–H groups in total. The van der Waals surface area contributed by atoms with Gasteiger partial charge in [0.2, 0.25) is 0 Å². The maximum atomic E-state index is 15.1. The average molecular weight is 509 g/mol. The second kappa shape index (κ2) is 12.8. The maximum Gasteiger partial charge on any atom is 0.194 e. The summed E-state index contributed by atoms with van der Waals surface area (Å²) < 4.78 is 61.1. The number of rotatable bonds is 12. The van der Waals surface area contributed by atoms with Gasteiger partial charge in [-0.25, -0.2) is 17.6 Å². The van der Waals surface area contributed by atoms with E-state index in [1.807, 2.05) is 30.3 Å². The number of unbranched alkanes of at least 4 members (excludes halogenated alkanes) is 3. The third-order valence-electron chi connectivity index (χ3n) is 6.72. The molecule has 194 valence electrons. The van der Waals surface area contributed by atoms with Crippen molar-refractivity contribution in [2.24, 2.45) is 0 Å². The van der Waals surface area contributed by atoms with E-state index in [-0.39, 0.29) is 24.2 Å². The monoisotopic (exact) mass is 508 g/mol. The Morgan fingerprint density at radius 2 is 1.27 bits per heavy atom. The molecule has 0 fully saturated rings. The summed E-state index contributed by atoms with van der Waals surface area (Å²) in [6.07, 6.45) is 6.90. The van der Waals surface area contributed by atoms with Gasteiger partial charge in [-0.1, -0.05) is 68.7 Å². The van der Waals surface area contributed by atoms with Crippen LogP contribution in [0.1, 0.15) is 54.9 Å². The third kappa shape index (κ3) is 7.12. The van der Waals surface area contributed by atoms with Crippen LogP contribution in [0.15, 0.2) is 66.7 Å². The molecule has 0 aliphatic rings. The minimum atomic E-state index is -1.49. The van der Waals surface area contributed by atoms with Gasteiger partial charge in [-0.15, -0.1) is 0 Å². The third-order valence-corrected chi connectivity index (χ3v) is 6.72. The zero-order valence-electron chi connectivity index (χ0n) is 21.1. The molecule has 0 aliphatic heterocycles. The van der Waals surface area contributed by atoms with Crippen LogP contribution in [0.4, 0.5) is 17.6 Å². The Kier molecular flexibility index (Phi) is 9.21. The zero-order chi connectivity index (χ0) is 26.2. The van der Waals surface area contributed by atoms with Gasteiger partial charge in [0.1, 0.15) is 11.6 Å². The molecule has 0 heterocycles. The van der Waals surface area contributed by atoms with E-state index in [0.717, 1.165) is 54.7 Å². The highest BCUT2D eigenvalue weighted by Crippen LogP contribution is 2.25. The molecule has 0 saturated carbocycles. The first-order valence-electron chi connectivity index (χ1n) is 13.0. The first-order valence-corrected chi connectivity index (χ1v) is 13.0. The van der Waals surface area contributed by atoms with Gasteiger partial charge in [-0.3, -0.25) is 0 Å². The largest absolute Gasteiger partial charge is 0.494 e. The van der Waals surface area contributed by atoms with E-state index in [2.05, 4.69) is 19.1 Å². The molecule has 0 aliphatic carbocycles. The lowest BCUT2D eigenvalue weighted by molar-refractivity contribution is 0.305. The predicted molar refractivity (Wildman–Crippen MR) is 141 cm³/mol. The summed E-state index contributed by atoms with van der Waals surface area (Å²) in [5.41, 5.74) is 3.08. The van der Waals surface area contributed by atoms with Gasteiger partial charge < -0.3 is 4.74 Å². The molecule has 0 amide bonds. The Labute approximate surface area is 216 Å². The highest BCUT2D eigenvalue weighted by atomic mass is 19.2. The lowest BCUT2D eigenvalue weighted by atomic mass is 9.97. The van der Waals surface area contributed by atoms with E-state index in [0.29, 0.717) is 10.9 Å². The molecule has 0 aromatic heterocycles. The fourth-order valence-electron chi connectivity index (χ4n) is 4.53. The van der Waals surface area contributed by atoms with Crippen LogP contribution in [-0.2, 0) is 25.7 Å². The Balaban J connectivity index is 1.34. The zero-order valence-corrected chi connectivity index (χ0v) is 21.1. The van der Waals surface area contributed by atoms with Crippen molar-refractivity contribution in [3.63, 3.8) is 0 Å². The van der Waals surface area contributed by atoms with Gasteiger partial charge in [0.05, 0.1) is 6.61 Å². The first-order chi connectivity index (χ1) is 17.9.